The van der Waals surface area contributed by atoms with E-state index >= 15 is 0 Å². The Bertz CT molecular complexity index is 1010. The number of aromatic carboxylic acids is 1. The van der Waals surface area contributed by atoms with E-state index in [1.165, 1.54) is 12.1 Å². The van der Waals surface area contributed by atoms with Gasteiger partial charge in [-0.2, -0.15) is 0 Å². The predicted molar refractivity (Wildman–Crippen MR) is 125 cm³/mol. The van der Waals surface area contributed by atoms with Crippen LogP contribution < -0.4 is 4.74 Å². The third-order valence-corrected chi connectivity index (χ3v) is 6.30. The molecule has 3 rings (SSSR count). The maximum absolute atomic E-state index is 13.2. The Morgan fingerprint density at radius 2 is 1.76 bits per heavy atom. The lowest BCUT2D eigenvalue weighted by Gasteiger charge is -2.44. The fourth-order valence-corrected chi connectivity index (χ4v) is 4.40. The summed E-state index contributed by atoms with van der Waals surface area (Å²) in [5.74, 6) is -1.19. The second-order valence-electron chi connectivity index (χ2n) is 9.22. The minimum atomic E-state index is -1.05. The number of halogens is 1. The van der Waals surface area contributed by atoms with Gasteiger partial charge in [-0.05, 0) is 55.5 Å². The molecule has 1 amide bonds. The van der Waals surface area contributed by atoms with E-state index in [9.17, 15) is 19.1 Å². The molecule has 2 atom stereocenters. The molecule has 0 spiro atoms. The van der Waals surface area contributed by atoms with Crippen LogP contribution in [0.15, 0.2) is 36.4 Å². The molecule has 0 radical (unpaired) electrons. The number of hydrogen-bond acceptors (Lipinski definition) is 4. The highest BCUT2D eigenvalue weighted by molar-refractivity contribution is 5.93. The highest BCUT2D eigenvalue weighted by Gasteiger charge is 2.32. The number of benzene rings is 2. The second-order valence-corrected chi connectivity index (χ2v) is 9.22. The van der Waals surface area contributed by atoms with Gasteiger partial charge in [-0.3, -0.25) is 9.69 Å². The van der Waals surface area contributed by atoms with Crippen molar-refractivity contribution in [2.45, 2.75) is 59.2 Å². The molecule has 0 aliphatic carbocycles. The quantitative estimate of drug-likeness (QED) is 0.666. The van der Waals surface area contributed by atoms with Gasteiger partial charge in [0.05, 0.1) is 0 Å². The van der Waals surface area contributed by atoms with E-state index in [-0.39, 0.29) is 47.6 Å². The molecule has 0 unspecified atom stereocenters. The molecule has 2 aromatic rings. The van der Waals surface area contributed by atoms with Crippen LogP contribution >= 0.6 is 0 Å². The van der Waals surface area contributed by atoms with E-state index in [1.54, 1.807) is 24.0 Å². The molecule has 0 bridgehead atoms. The summed E-state index contributed by atoms with van der Waals surface area (Å²) in [5.41, 5.74) is 2.53. The third-order valence-electron chi connectivity index (χ3n) is 6.30. The monoisotopic (exact) mass is 456 g/mol. The summed E-state index contributed by atoms with van der Waals surface area (Å²) >= 11 is 0. The van der Waals surface area contributed by atoms with Gasteiger partial charge in [0.2, 0.25) is 0 Å². The molecule has 0 saturated carbocycles. The molecule has 178 valence electrons. The lowest BCUT2D eigenvalue weighted by Crippen LogP contribution is -2.58. The zero-order valence-electron chi connectivity index (χ0n) is 20.0. The molecule has 33 heavy (non-hydrogen) atoms. The molecule has 1 saturated heterocycles. The SMILES string of the molecule is Cc1ccc(C(C)C)c(C(=O)O)c1OCC(=O)N1C[C@@H](C)N(Cc2ccc(F)cc2)C[C@@H]1C. The topological polar surface area (TPSA) is 70.1 Å². The predicted octanol–water partition coefficient (Wildman–Crippen LogP) is 4.46. The number of amides is 1. The Morgan fingerprint density at radius 3 is 2.36 bits per heavy atom. The van der Waals surface area contributed by atoms with E-state index in [0.717, 1.165) is 5.56 Å². The number of nitrogens with zero attached hydrogens (tertiary/aromatic N) is 2. The standard InChI is InChI=1S/C26H33FN2O4/c1-16(2)22-11-6-17(3)25(24(22)26(31)32)33-15-23(30)29-13-18(4)28(12-19(29)5)14-20-7-9-21(27)10-8-20/h6-11,16,18-19H,12-15H2,1-5H3,(H,31,32)/t18-,19+/m1/s1. The molecule has 1 aliphatic rings. The summed E-state index contributed by atoms with van der Waals surface area (Å²) in [4.78, 5) is 29.1. The van der Waals surface area contributed by atoms with Crippen molar-refractivity contribution in [3.63, 3.8) is 0 Å². The normalized spacial score (nSPS) is 19.1. The number of carboxylic acid groups (broad SMARTS) is 1. The number of ether oxygens (including phenoxy) is 1. The summed E-state index contributed by atoms with van der Waals surface area (Å²) in [6.07, 6.45) is 0. The van der Waals surface area contributed by atoms with Crippen molar-refractivity contribution < 1.29 is 23.8 Å². The van der Waals surface area contributed by atoms with Gasteiger partial charge < -0.3 is 14.7 Å². The molecular formula is C26H33FN2O4. The van der Waals surface area contributed by atoms with E-state index in [1.807, 2.05) is 32.9 Å². The molecule has 6 nitrogen and oxygen atoms in total. The van der Waals surface area contributed by atoms with Crippen molar-refractivity contribution in [3.8, 4) is 5.75 Å². The average molecular weight is 457 g/mol. The van der Waals surface area contributed by atoms with Gasteiger partial charge in [0.25, 0.3) is 5.91 Å². The Balaban J connectivity index is 1.68. The van der Waals surface area contributed by atoms with Gasteiger partial charge in [0.1, 0.15) is 17.1 Å². The fraction of sp³-hybridized carbons (Fsp3) is 0.462. The van der Waals surface area contributed by atoms with Crippen LogP contribution in [-0.4, -0.2) is 58.6 Å². The number of rotatable bonds is 7. The van der Waals surface area contributed by atoms with Crippen LogP contribution in [0.2, 0.25) is 0 Å². The lowest BCUT2D eigenvalue weighted by atomic mass is 9.94. The lowest BCUT2D eigenvalue weighted by molar-refractivity contribution is -0.139. The van der Waals surface area contributed by atoms with Gasteiger partial charge in [0, 0.05) is 31.7 Å². The van der Waals surface area contributed by atoms with Gasteiger partial charge in [-0.15, -0.1) is 0 Å². The number of carbonyl (C=O) groups excluding carboxylic acids is 1. The maximum atomic E-state index is 13.2. The van der Waals surface area contributed by atoms with Crippen molar-refractivity contribution in [3.05, 3.63) is 64.5 Å². The zero-order chi connectivity index (χ0) is 24.3. The number of piperazine rings is 1. The van der Waals surface area contributed by atoms with Crippen LogP contribution in [0.25, 0.3) is 0 Å². The van der Waals surface area contributed by atoms with Crippen molar-refractivity contribution in [2.75, 3.05) is 19.7 Å². The molecule has 1 heterocycles. The molecule has 2 aromatic carbocycles. The van der Waals surface area contributed by atoms with E-state index in [4.69, 9.17) is 4.74 Å². The van der Waals surface area contributed by atoms with Crippen molar-refractivity contribution in [1.29, 1.82) is 0 Å². The zero-order valence-corrected chi connectivity index (χ0v) is 20.0. The molecular weight excluding hydrogens is 423 g/mol. The van der Waals surface area contributed by atoms with E-state index in [2.05, 4.69) is 11.8 Å². The molecule has 1 N–H and O–H groups in total. The summed E-state index contributed by atoms with van der Waals surface area (Å²) in [7, 11) is 0. The number of hydrogen-bond donors (Lipinski definition) is 1. The summed E-state index contributed by atoms with van der Waals surface area (Å²) in [6, 6.07) is 10.2. The van der Waals surface area contributed by atoms with Crippen LogP contribution in [0.1, 0.15) is 60.7 Å². The number of aryl methyl sites for hydroxylation is 1. The summed E-state index contributed by atoms with van der Waals surface area (Å²) in [6.45, 7) is 11.4. The van der Waals surface area contributed by atoms with E-state index in [0.29, 0.717) is 30.8 Å². The van der Waals surface area contributed by atoms with Crippen molar-refractivity contribution in [2.24, 2.45) is 0 Å². The number of carbonyl (C=O) groups is 2. The largest absolute Gasteiger partial charge is 0.483 e. The first-order chi connectivity index (χ1) is 15.6. The first-order valence-electron chi connectivity index (χ1n) is 11.4. The minimum absolute atomic E-state index is 0.0183. The highest BCUT2D eigenvalue weighted by Crippen LogP contribution is 2.31. The van der Waals surface area contributed by atoms with Crippen molar-refractivity contribution >= 4 is 11.9 Å². The Hall–Kier alpha value is -2.93. The summed E-state index contributed by atoms with van der Waals surface area (Å²) in [5, 5.41) is 9.77. The third kappa shape index (κ3) is 5.71. The second kappa shape index (κ2) is 10.3. The fourth-order valence-electron chi connectivity index (χ4n) is 4.40. The van der Waals surface area contributed by atoms with Gasteiger partial charge in [0.15, 0.2) is 6.61 Å². The number of carboxylic acids is 1. The van der Waals surface area contributed by atoms with Crippen LogP contribution in [0, 0.1) is 12.7 Å². The molecule has 1 fully saturated rings. The van der Waals surface area contributed by atoms with Crippen LogP contribution in [0.3, 0.4) is 0 Å². The van der Waals surface area contributed by atoms with Gasteiger partial charge in [-0.1, -0.05) is 38.1 Å². The maximum Gasteiger partial charge on any atom is 0.339 e. The highest BCUT2D eigenvalue weighted by atomic mass is 19.1. The first kappa shape index (κ1) is 24.7. The van der Waals surface area contributed by atoms with E-state index < -0.39 is 5.97 Å². The molecule has 0 aromatic heterocycles. The molecule has 7 heteroatoms. The Morgan fingerprint density at radius 1 is 1.09 bits per heavy atom. The first-order valence-corrected chi connectivity index (χ1v) is 11.4. The Labute approximate surface area is 195 Å². The summed E-state index contributed by atoms with van der Waals surface area (Å²) < 4.78 is 19.0. The average Bonchev–Trinajstić information content (AvgIpc) is 2.75. The smallest absolute Gasteiger partial charge is 0.339 e. The van der Waals surface area contributed by atoms with Crippen molar-refractivity contribution in [1.82, 2.24) is 9.80 Å². The van der Waals surface area contributed by atoms with Gasteiger partial charge in [-0.25, -0.2) is 9.18 Å². The van der Waals surface area contributed by atoms with Crippen LogP contribution in [0.5, 0.6) is 5.75 Å². The Kier molecular flexibility index (Phi) is 7.74. The van der Waals surface area contributed by atoms with Crippen LogP contribution in [0.4, 0.5) is 4.39 Å². The molecule has 1 aliphatic heterocycles. The van der Waals surface area contributed by atoms with Crippen LogP contribution in [-0.2, 0) is 11.3 Å². The van der Waals surface area contributed by atoms with Gasteiger partial charge >= 0.3 is 5.97 Å². The minimum Gasteiger partial charge on any atom is -0.483 e.